The third-order valence-electron chi connectivity index (χ3n) is 9.22. The second-order valence-corrected chi connectivity index (χ2v) is 11.8. The van der Waals surface area contributed by atoms with E-state index in [4.69, 9.17) is 0 Å². The number of benzene rings is 6. The van der Waals surface area contributed by atoms with Crippen molar-refractivity contribution in [1.29, 1.82) is 0 Å². The number of hydrogen-bond acceptors (Lipinski definition) is 1. The zero-order chi connectivity index (χ0) is 29.9. The van der Waals surface area contributed by atoms with Crippen molar-refractivity contribution in [1.82, 2.24) is 14.1 Å². The molecule has 3 aromatic heterocycles. The first-order chi connectivity index (χ1) is 22.2. The van der Waals surface area contributed by atoms with Gasteiger partial charge in [0.1, 0.15) is 0 Å². The van der Waals surface area contributed by atoms with Gasteiger partial charge in [0.2, 0.25) is 0 Å². The third kappa shape index (κ3) is 4.09. The fourth-order valence-corrected chi connectivity index (χ4v) is 7.03. The van der Waals surface area contributed by atoms with E-state index < -0.39 is 0 Å². The van der Waals surface area contributed by atoms with Crippen molar-refractivity contribution in [2.75, 3.05) is 0 Å². The lowest BCUT2D eigenvalue weighted by molar-refractivity contribution is 1.01. The molecular formula is C42H29N3. The van der Waals surface area contributed by atoms with Gasteiger partial charge in [-0.15, -0.1) is 0 Å². The van der Waals surface area contributed by atoms with Gasteiger partial charge in [0.05, 0.1) is 11.0 Å². The first-order valence-corrected chi connectivity index (χ1v) is 15.3. The highest BCUT2D eigenvalue weighted by Gasteiger charge is 2.16. The van der Waals surface area contributed by atoms with Crippen LogP contribution in [0.3, 0.4) is 0 Å². The number of hydrogen-bond donors (Lipinski definition) is 0. The summed E-state index contributed by atoms with van der Waals surface area (Å²) in [5.74, 6) is 0. The minimum Gasteiger partial charge on any atom is -0.344 e. The highest BCUT2D eigenvalue weighted by atomic mass is 15.0. The van der Waals surface area contributed by atoms with Gasteiger partial charge < -0.3 is 9.13 Å². The molecule has 0 N–H and O–H groups in total. The van der Waals surface area contributed by atoms with Gasteiger partial charge in [-0.3, -0.25) is 4.98 Å². The Balaban J connectivity index is 1.27. The molecule has 0 fully saturated rings. The van der Waals surface area contributed by atoms with Crippen LogP contribution in [0.15, 0.2) is 158 Å². The molecular weight excluding hydrogens is 546 g/mol. The molecule has 0 bridgehead atoms. The van der Waals surface area contributed by atoms with Crippen LogP contribution in [0.5, 0.6) is 0 Å². The van der Waals surface area contributed by atoms with Gasteiger partial charge in [-0.05, 0) is 100 Å². The van der Waals surface area contributed by atoms with Crippen molar-refractivity contribution in [2.24, 2.45) is 7.05 Å². The van der Waals surface area contributed by atoms with E-state index in [-0.39, 0.29) is 0 Å². The molecule has 9 aromatic rings. The number of aryl methyl sites for hydroxylation is 1. The van der Waals surface area contributed by atoms with Crippen LogP contribution in [0.2, 0.25) is 0 Å². The molecule has 212 valence electrons. The smallest absolute Gasteiger partial charge is 0.0541 e. The molecule has 0 aliphatic carbocycles. The molecule has 0 saturated heterocycles. The molecule has 3 heterocycles. The van der Waals surface area contributed by atoms with E-state index in [9.17, 15) is 0 Å². The third-order valence-corrected chi connectivity index (χ3v) is 9.22. The lowest BCUT2D eigenvalue weighted by Gasteiger charge is -2.14. The maximum atomic E-state index is 4.27. The summed E-state index contributed by atoms with van der Waals surface area (Å²) in [5, 5.41) is 5.07. The number of para-hydroxylation sites is 2. The maximum Gasteiger partial charge on any atom is 0.0541 e. The average molecular weight is 576 g/mol. The lowest BCUT2D eigenvalue weighted by Crippen LogP contribution is -1.96. The van der Waals surface area contributed by atoms with Crippen LogP contribution < -0.4 is 0 Å². The highest BCUT2D eigenvalue weighted by molar-refractivity contribution is 6.12. The molecule has 0 radical (unpaired) electrons. The summed E-state index contributed by atoms with van der Waals surface area (Å²) in [7, 11) is 2.15. The molecule has 45 heavy (non-hydrogen) atoms. The summed E-state index contributed by atoms with van der Waals surface area (Å²) in [6.45, 7) is 0. The van der Waals surface area contributed by atoms with Crippen molar-refractivity contribution in [2.45, 2.75) is 0 Å². The molecule has 0 saturated carbocycles. The van der Waals surface area contributed by atoms with E-state index in [0.29, 0.717) is 0 Å². The van der Waals surface area contributed by atoms with Gasteiger partial charge in [-0.1, -0.05) is 78.9 Å². The van der Waals surface area contributed by atoms with Crippen LogP contribution in [0.1, 0.15) is 0 Å². The molecule has 6 aromatic carbocycles. The van der Waals surface area contributed by atoms with Crippen molar-refractivity contribution in [3.63, 3.8) is 0 Å². The fraction of sp³-hybridized carbons (Fsp3) is 0.0238. The molecule has 3 nitrogen and oxygen atoms in total. The first kappa shape index (κ1) is 25.6. The van der Waals surface area contributed by atoms with Gasteiger partial charge in [0, 0.05) is 57.7 Å². The zero-order valence-electron chi connectivity index (χ0n) is 24.9. The summed E-state index contributed by atoms with van der Waals surface area (Å²) in [4.78, 5) is 4.27. The van der Waals surface area contributed by atoms with Gasteiger partial charge in [0.25, 0.3) is 0 Å². The van der Waals surface area contributed by atoms with Crippen molar-refractivity contribution < 1.29 is 0 Å². The summed E-state index contributed by atoms with van der Waals surface area (Å²) in [6.07, 6.45) is 3.73. The highest BCUT2D eigenvalue weighted by Crippen LogP contribution is 2.39. The minimum atomic E-state index is 1.14. The van der Waals surface area contributed by atoms with E-state index >= 15 is 0 Å². The zero-order valence-corrected chi connectivity index (χ0v) is 24.9. The normalized spacial score (nSPS) is 11.7. The Bertz CT molecular complexity index is 2480. The van der Waals surface area contributed by atoms with E-state index in [1.54, 1.807) is 0 Å². The summed E-state index contributed by atoms with van der Waals surface area (Å²) < 4.78 is 4.70. The molecule has 0 atom stereocenters. The second kappa shape index (κ2) is 10.1. The monoisotopic (exact) mass is 575 g/mol. The molecule has 0 amide bonds. The summed E-state index contributed by atoms with van der Waals surface area (Å²) in [5.41, 5.74) is 13.2. The second-order valence-electron chi connectivity index (χ2n) is 11.8. The molecule has 0 unspecified atom stereocenters. The van der Waals surface area contributed by atoms with Crippen LogP contribution in [0, 0.1) is 0 Å². The predicted octanol–water partition coefficient (Wildman–Crippen LogP) is 10.8. The first-order valence-electron chi connectivity index (χ1n) is 15.3. The molecule has 0 spiro atoms. The van der Waals surface area contributed by atoms with E-state index in [2.05, 4.69) is 167 Å². The van der Waals surface area contributed by atoms with E-state index in [0.717, 1.165) is 11.3 Å². The Morgan fingerprint density at radius 2 is 0.889 bits per heavy atom. The minimum absolute atomic E-state index is 1.14. The van der Waals surface area contributed by atoms with Crippen molar-refractivity contribution >= 4 is 43.6 Å². The fourth-order valence-electron chi connectivity index (χ4n) is 7.03. The van der Waals surface area contributed by atoms with E-state index in [1.807, 2.05) is 12.4 Å². The van der Waals surface area contributed by atoms with E-state index in [1.165, 1.54) is 71.4 Å². The van der Waals surface area contributed by atoms with Crippen LogP contribution in [0.4, 0.5) is 0 Å². The number of fused-ring (bicyclic) bond motifs is 6. The van der Waals surface area contributed by atoms with Crippen LogP contribution >= 0.6 is 0 Å². The average Bonchev–Trinajstić information content (AvgIpc) is 3.60. The Morgan fingerprint density at radius 1 is 0.378 bits per heavy atom. The lowest BCUT2D eigenvalue weighted by atomic mass is 9.98. The predicted molar refractivity (Wildman–Crippen MR) is 189 cm³/mol. The Labute approximate surface area is 261 Å². The number of rotatable bonds is 4. The van der Waals surface area contributed by atoms with Gasteiger partial charge >= 0.3 is 0 Å². The maximum absolute atomic E-state index is 4.27. The molecule has 0 aliphatic heterocycles. The summed E-state index contributed by atoms with van der Waals surface area (Å²) in [6, 6.07) is 52.9. The van der Waals surface area contributed by atoms with Crippen molar-refractivity contribution in [3.8, 4) is 39.1 Å². The number of pyridine rings is 1. The number of aromatic nitrogens is 3. The topological polar surface area (TPSA) is 22.8 Å². The SMILES string of the molecule is Cn1c2ccccc2c2cc(-c3ccc4c(c3)c3ccccc3n4-c3cc(-c4ccccc4)cc(-c4ccncc4)c3)ccc21. The van der Waals surface area contributed by atoms with Gasteiger partial charge in [-0.25, -0.2) is 0 Å². The quantitative estimate of drug-likeness (QED) is 0.205. The molecule has 0 aliphatic rings. The number of nitrogens with zero attached hydrogens (tertiary/aromatic N) is 3. The Kier molecular flexibility index (Phi) is 5.72. The van der Waals surface area contributed by atoms with Gasteiger partial charge in [-0.2, -0.15) is 0 Å². The molecule has 9 rings (SSSR count). The Hall–Kier alpha value is -5.93. The van der Waals surface area contributed by atoms with Gasteiger partial charge in [0.15, 0.2) is 0 Å². The molecule has 3 heteroatoms. The van der Waals surface area contributed by atoms with Crippen LogP contribution in [0.25, 0.3) is 82.7 Å². The largest absolute Gasteiger partial charge is 0.344 e. The summed E-state index contributed by atoms with van der Waals surface area (Å²) >= 11 is 0. The van der Waals surface area contributed by atoms with Crippen LogP contribution in [-0.2, 0) is 7.05 Å². The Morgan fingerprint density at radius 3 is 1.60 bits per heavy atom. The standard InChI is InChI=1S/C42H29N3/c1-44-39-13-7-5-11-35(39)37-26-30(15-17-40(37)44)31-16-18-42-38(27-31)36-12-6-8-14-41(36)45(42)34-24-32(28-9-3-2-4-10-28)23-33(25-34)29-19-21-43-22-20-29/h2-27H,1H3. The van der Waals surface area contributed by atoms with Crippen molar-refractivity contribution in [3.05, 3.63) is 158 Å². The van der Waals surface area contributed by atoms with Crippen LogP contribution in [-0.4, -0.2) is 14.1 Å².